The van der Waals surface area contributed by atoms with Gasteiger partial charge < -0.3 is 4.74 Å². The number of amides is 2. The Kier molecular flexibility index (Phi) is 7.14. The Bertz CT molecular complexity index is 1430. The van der Waals surface area contributed by atoms with Crippen molar-refractivity contribution in [2.75, 3.05) is 12.9 Å². The number of ether oxygens (including phenoxy) is 1. The van der Waals surface area contributed by atoms with Gasteiger partial charge in [0, 0.05) is 16.5 Å². The number of benzene rings is 2. The van der Waals surface area contributed by atoms with E-state index in [9.17, 15) is 14.4 Å². The minimum absolute atomic E-state index is 0.0779. The van der Waals surface area contributed by atoms with E-state index in [2.05, 4.69) is 5.32 Å². The largest absolute Gasteiger partial charge is 0.497 e. The van der Waals surface area contributed by atoms with Gasteiger partial charge >= 0.3 is 0 Å². The Morgan fingerprint density at radius 3 is 2.62 bits per heavy atom. The number of hydrogen-bond donors (Lipinski definition) is 1. The molecule has 2 aromatic heterocycles. The minimum atomic E-state index is -0.471. The topological polar surface area (TPSA) is 90.3 Å². The molecule has 2 amide bonds. The van der Waals surface area contributed by atoms with Crippen molar-refractivity contribution in [1.29, 1.82) is 0 Å². The quantitative estimate of drug-likeness (QED) is 0.304. The van der Waals surface area contributed by atoms with Gasteiger partial charge in [0.05, 0.1) is 23.9 Å². The molecule has 9 heteroatoms. The van der Waals surface area contributed by atoms with Crippen LogP contribution in [0.1, 0.15) is 27.7 Å². The normalized spacial score (nSPS) is 10.9. The molecule has 2 aromatic carbocycles. The van der Waals surface area contributed by atoms with Gasteiger partial charge in [-0.05, 0) is 43.2 Å². The lowest BCUT2D eigenvalue weighted by Crippen LogP contribution is -2.32. The van der Waals surface area contributed by atoms with E-state index in [0.29, 0.717) is 32.4 Å². The number of thiophene rings is 1. The summed E-state index contributed by atoms with van der Waals surface area (Å²) in [4.78, 5) is 44.9. The summed E-state index contributed by atoms with van der Waals surface area (Å²) in [6, 6.07) is 15.7. The third kappa shape index (κ3) is 4.76. The van der Waals surface area contributed by atoms with Gasteiger partial charge in [0.1, 0.15) is 10.6 Å². The summed E-state index contributed by atoms with van der Waals surface area (Å²) in [6.07, 6.45) is 0.804. The van der Waals surface area contributed by atoms with Crippen LogP contribution in [0.5, 0.6) is 5.75 Å². The van der Waals surface area contributed by atoms with Crippen molar-refractivity contribution in [3.63, 3.8) is 0 Å². The van der Waals surface area contributed by atoms with Crippen LogP contribution in [0.15, 0.2) is 64.5 Å². The third-order valence-electron chi connectivity index (χ3n) is 5.29. The smallest absolute Gasteiger partial charge is 0.267 e. The Morgan fingerprint density at radius 2 is 1.91 bits per heavy atom. The van der Waals surface area contributed by atoms with E-state index in [1.165, 1.54) is 15.9 Å². The van der Waals surface area contributed by atoms with Crippen LogP contribution in [0.4, 0.5) is 0 Å². The molecule has 1 N–H and O–H groups in total. The van der Waals surface area contributed by atoms with Gasteiger partial charge in [-0.15, -0.1) is 11.3 Å². The molecule has 0 aliphatic heterocycles. The molecule has 174 valence electrons. The predicted molar refractivity (Wildman–Crippen MR) is 136 cm³/mol. The molecule has 0 saturated carbocycles. The van der Waals surface area contributed by atoms with Crippen LogP contribution in [0.2, 0.25) is 0 Å². The fraction of sp³-hybridized carbons (Fsp3) is 0.200. The number of aryl methyl sites for hydroxylation is 2. The SMILES string of the molecule is CCc1sc2nc(SCC(=O)NC(=O)c3ccccc3)n(-c3cccc(OC)c3)c(=O)c2c1C. The second kappa shape index (κ2) is 10.2. The Morgan fingerprint density at radius 1 is 1.15 bits per heavy atom. The fourth-order valence-corrected chi connectivity index (χ4v) is 5.55. The predicted octanol–water partition coefficient (Wildman–Crippen LogP) is 4.38. The van der Waals surface area contributed by atoms with Gasteiger partial charge in [0.2, 0.25) is 5.91 Å². The fourth-order valence-electron chi connectivity index (χ4n) is 3.58. The van der Waals surface area contributed by atoms with E-state index in [-0.39, 0.29) is 11.3 Å². The molecule has 0 unspecified atom stereocenters. The summed E-state index contributed by atoms with van der Waals surface area (Å²) in [7, 11) is 1.56. The van der Waals surface area contributed by atoms with Crippen molar-refractivity contribution in [1.82, 2.24) is 14.9 Å². The average molecular weight is 494 g/mol. The summed E-state index contributed by atoms with van der Waals surface area (Å²) in [5.74, 6) is -0.419. The summed E-state index contributed by atoms with van der Waals surface area (Å²) in [5, 5.41) is 3.34. The zero-order valence-electron chi connectivity index (χ0n) is 19.0. The minimum Gasteiger partial charge on any atom is -0.497 e. The third-order valence-corrected chi connectivity index (χ3v) is 7.55. The van der Waals surface area contributed by atoms with Crippen LogP contribution in [0.25, 0.3) is 15.9 Å². The van der Waals surface area contributed by atoms with Gasteiger partial charge in [-0.25, -0.2) is 4.98 Å². The Hall–Kier alpha value is -3.43. The van der Waals surface area contributed by atoms with Crippen molar-refractivity contribution >= 4 is 45.1 Å². The highest BCUT2D eigenvalue weighted by molar-refractivity contribution is 7.99. The molecular weight excluding hydrogens is 470 g/mol. The number of aromatic nitrogens is 2. The Labute approximate surface area is 204 Å². The summed E-state index contributed by atoms with van der Waals surface area (Å²) < 4.78 is 6.83. The molecule has 0 atom stereocenters. The van der Waals surface area contributed by atoms with Gasteiger partial charge in [-0.1, -0.05) is 43.0 Å². The van der Waals surface area contributed by atoms with Gasteiger partial charge in [0.25, 0.3) is 11.5 Å². The summed E-state index contributed by atoms with van der Waals surface area (Å²) in [5.41, 5.74) is 1.72. The highest BCUT2D eigenvalue weighted by Gasteiger charge is 2.20. The standard InChI is InChI=1S/C25H23N3O4S2/c1-4-19-15(2)21-23(34-19)27-25(28(24(21)31)17-11-8-12-18(13-17)32-3)33-14-20(29)26-22(30)16-9-6-5-7-10-16/h5-13H,4,14H2,1-3H3,(H,26,29,30). The first-order valence-electron chi connectivity index (χ1n) is 10.6. The molecule has 7 nitrogen and oxygen atoms in total. The van der Waals surface area contributed by atoms with Gasteiger partial charge in [0.15, 0.2) is 5.16 Å². The highest BCUT2D eigenvalue weighted by Crippen LogP contribution is 2.31. The Balaban J connectivity index is 1.70. The molecule has 0 fully saturated rings. The van der Waals surface area contributed by atoms with Crippen LogP contribution < -0.4 is 15.6 Å². The molecule has 0 spiro atoms. The van der Waals surface area contributed by atoms with Crippen LogP contribution >= 0.6 is 23.1 Å². The number of fused-ring (bicyclic) bond motifs is 1. The molecule has 4 rings (SSSR count). The number of nitrogens with zero attached hydrogens (tertiary/aromatic N) is 2. The number of hydrogen-bond acceptors (Lipinski definition) is 7. The van der Waals surface area contributed by atoms with E-state index >= 15 is 0 Å². The maximum Gasteiger partial charge on any atom is 0.267 e. The molecule has 2 heterocycles. The van der Waals surface area contributed by atoms with Crippen LogP contribution in [0.3, 0.4) is 0 Å². The molecule has 0 saturated heterocycles. The number of carbonyl (C=O) groups is 2. The maximum absolute atomic E-state index is 13.6. The zero-order chi connectivity index (χ0) is 24.2. The maximum atomic E-state index is 13.6. The van der Waals surface area contributed by atoms with E-state index in [4.69, 9.17) is 9.72 Å². The van der Waals surface area contributed by atoms with Crippen molar-refractivity contribution in [3.8, 4) is 11.4 Å². The molecule has 0 bridgehead atoms. The highest BCUT2D eigenvalue weighted by atomic mass is 32.2. The van der Waals surface area contributed by atoms with Crippen molar-refractivity contribution < 1.29 is 14.3 Å². The van der Waals surface area contributed by atoms with E-state index in [1.807, 2.05) is 13.8 Å². The lowest BCUT2D eigenvalue weighted by atomic mass is 10.2. The molecule has 0 radical (unpaired) electrons. The van der Waals surface area contributed by atoms with Gasteiger partial charge in [-0.3, -0.25) is 24.3 Å². The van der Waals surface area contributed by atoms with Crippen LogP contribution in [0, 0.1) is 6.92 Å². The number of imide groups is 1. The van der Waals surface area contributed by atoms with Gasteiger partial charge in [-0.2, -0.15) is 0 Å². The second-order valence-electron chi connectivity index (χ2n) is 7.45. The van der Waals surface area contributed by atoms with E-state index in [0.717, 1.165) is 28.6 Å². The van der Waals surface area contributed by atoms with Crippen molar-refractivity contribution in [2.24, 2.45) is 0 Å². The monoisotopic (exact) mass is 493 g/mol. The first-order valence-corrected chi connectivity index (χ1v) is 12.4. The lowest BCUT2D eigenvalue weighted by molar-refractivity contribution is -0.117. The number of rotatable bonds is 7. The number of carbonyl (C=O) groups excluding carboxylic acids is 2. The zero-order valence-corrected chi connectivity index (χ0v) is 20.6. The molecule has 4 aromatic rings. The van der Waals surface area contributed by atoms with Crippen LogP contribution in [-0.4, -0.2) is 34.2 Å². The first-order chi connectivity index (χ1) is 16.4. The summed E-state index contributed by atoms with van der Waals surface area (Å²) in [6.45, 7) is 3.98. The molecular formula is C25H23N3O4S2. The average Bonchev–Trinajstić information content (AvgIpc) is 3.18. The second-order valence-corrected chi connectivity index (χ2v) is 9.48. The van der Waals surface area contributed by atoms with Crippen molar-refractivity contribution in [3.05, 3.63) is 81.0 Å². The van der Waals surface area contributed by atoms with E-state index in [1.54, 1.807) is 61.7 Å². The number of nitrogens with one attached hydrogen (secondary N) is 1. The van der Waals surface area contributed by atoms with Crippen LogP contribution in [-0.2, 0) is 11.2 Å². The molecule has 0 aliphatic carbocycles. The number of methoxy groups -OCH3 is 1. The molecule has 34 heavy (non-hydrogen) atoms. The van der Waals surface area contributed by atoms with Crippen molar-refractivity contribution in [2.45, 2.75) is 25.4 Å². The first kappa shape index (κ1) is 23.7. The molecule has 0 aliphatic rings. The number of thioether (sulfide) groups is 1. The lowest BCUT2D eigenvalue weighted by Gasteiger charge is -2.13. The summed E-state index contributed by atoms with van der Waals surface area (Å²) >= 11 is 2.59. The van der Waals surface area contributed by atoms with E-state index < -0.39 is 11.8 Å².